The number of hydrogen-bond acceptors (Lipinski definition) is 3. The van der Waals surface area contributed by atoms with E-state index in [-0.39, 0.29) is 23.7 Å². The average molecular weight is 253 g/mol. The number of carboxylic acid groups (broad SMARTS) is 1. The van der Waals surface area contributed by atoms with Crippen LogP contribution in [0.15, 0.2) is 6.20 Å². The van der Waals surface area contributed by atoms with Crippen molar-refractivity contribution in [1.82, 2.24) is 9.88 Å². The van der Waals surface area contributed by atoms with Crippen molar-refractivity contribution in [1.29, 1.82) is 0 Å². The second-order valence-electron chi connectivity index (χ2n) is 3.93. The molecule has 1 rings (SSSR count). The van der Waals surface area contributed by atoms with Crippen LogP contribution in [0.25, 0.3) is 0 Å². The number of aromatic amines is 1. The van der Waals surface area contributed by atoms with Gasteiger partial charge in [0.1, 0.15) is 5.56 Å². The summed E-state index contributed by atoms with van der Waals surface area (Å²) < 4.78 is 0. The molecule has 1 aromatic heterocycles. The van der Waals surface area contributed by atoms with Crippen molar-refractivity contribution >= 4 is 23.5 Å². The first-order chi connectivity index (χ1) is 8.32. The van der Waals surface area contributed by atoms with E-state index in [1.165, 1.54) is 25.1 Å². The second kappa shape index (κ2) is 5.35. The molecule has 7 nitrogen and oxygen atoms in total. The molecule has 0 saturated heterocycles. The number of amides is 2. The van der Waals surface area contributed by atoms with Crippen LogP contribution in [0, 0.1) is 6.92 Å². The van der Waals surface area contributed by atoms with Gasteiger partial charge in [-0.3, -0.25) is 9.59 Å². The number of hydrogen-bond donors (Lipinski definition) is 3. The maximum absolute atomic E-state index is 11.6. The molecule has 0 spiro atoms. The topological polar surface area (TPSA) is 103 Å². The van der Waals surface area contributed by atoms with Gasteiger partial charge in [0.25, 0.3) is 0 Å². The number of H-pyrrole nitrogens is 1. The van der Waals surface area contributed by atoms with Gasteiger partial charge in [-0.05, 0) is 6.92 Å². The first kappa shape index (κ1) is 13.8. The Bertz CT molecular complexity index is 492. The number of carbonyl (C=O) groups excluding carboxylic acids is 2. The van der Waals surface area contributed by atoms with E-state index in [4.69, 9.17) is 5.11 Å². The van der Waals surface area contributed by atoms with Gasteiger partial charge in [0.15, 0.2) is 0 Å². The number of likely N-dealkylation sites (N-methyl/N-ethyl adjacent to an activating group) is 1. The molecule has 0 saturated carbocycles. The highest BCUT2D eigenvalue weighted by Crippen LogP contribution is 2.18. The predicted octanol–water partition coefficient (Wildman–Crippen LogP) is 0.438. The normalized spacial score (nSPS) is 9.94. The summed E-state index contributed by atoms with van der Waals surface area (Å²) in [6.45, 7) is 2.82. The van der Waals surface area contributed by atoms with Gasteiger partial charge in [-0.15, -0.1) is 0 Å². The smallest absolute Gasteiger partial charge is 0.339 e. The van der Waals surface area contributed by atoms with Crippen molar-refractivity contribution in [3.05, 3.63) is 17.5 Å². The molecule has 1 aromatic rings. The summed E-state index contributed by atoms with van der Waals surface area (Å²) in [5.41, 5.74) is 0.675. The molecule has 0 aliphatic rings. The quantitative estimate of drug-likeness (QED) is 0.724. The zero-order chi connectivity index (χ0) is 13.9. The Labute approximate surface area is 104 Å². The Kier molecular flexibility index (Phi) is 4.09. The number of nitrogens with zero attached hydrogens (tertiary/aromatic N) is 1. The lowest BCUT2D eigenvalue weighted by Gasteiger charge is -2.14. The van der Waals surface area contributed by atoms with Crippen molar-refractivity contribution in [3.63, 3.8) is 0 Å². The largest absolute Gasteiger partial charge is 0.478 e. The van der Waals surface area contributed by atoms with Crippen molar-refractivity contribution in [2.45, 2.75) is 13.8 Å². The summed E-state index contributed by atoms with van der Waals surface area (Å²) in [5, 5.41) is 11.4. The summed E-state index contributed by atoms with van der Waals surface area (Å²) in [5.74, 6) is -1.81. The zero-order valence-corrected chi connectivity index (χ0v) is 10.4. The lowest BCUT2D eigenvalue weighted by Crippen LogP contribution is -2.33. The lowest BCUT2D eigenvalue weighted by atomic mass is 10.2. The van der Waals surface area contributed by atoms with Crippen LogP contribution in [0.1, 0.15) is 23.0 Å². The minimum Gasteiger partial charge on any atom is -0.478 e. The van der Waals surface area contributed by atoms with Crippen molar-refractivity contribution < 1.29 is 19.5 Å². The van der Waals surface area contributed by atoms with Crippen LogP contribution in [-0.2, 0) is 9.59 Å². The van der Waals surface area contributed by atoms with Crippen LogP contribution in [-0.4, -0.2) is 46.4 Å². The van der Waals surface area contributed by atoms with Crippen LogP contribution < -0.4 is 5.32 Å². The molecule has 7 heteroatoms. The van der Waals surface area contributed by atoms with Gasteiger partial charge in [0.05, 0.1) is 12.2 Å². The number of aromatic nitrogens is 1. The molecule has 18 heavy (non-hydrogen) atoms. The molecule has 2 amide bonds. The number of carbonyl (C=O) groups is 3. The van der Waals surface area contributed by atoms with E-state index in [9.17, 15) is 14.4 Å². The van der Waals surface area contributed by atoms with Gasteiger partial charge in [0.2, 0.25) is 11.8 Å². The lowest BCUT2D eigenvalue weighted by molar-refractivity contribution is -0.131. The van der Waals surface area contributed by atoms with E-state index < -0.39 is 11.9 Å². The molecule has 98 valence electrons. The summed E-state index contributed by atoms with van der Waals surface area (Å²) >= 11 is 0. The number of aromatic carboxylic acids is 1. The molecular formula is C11H15N3O4. The Balaban J connectivity index is 2.77. The maximum Gasteiger partial charge on any atom is 0.339 e. The highest BCUT2D eigenvalue weighted by molar-refractivity contribution is 6.02. The first-order valence-corrected chi connectivity index (χ1v) is 5.25. The predicted molar refractivity (Wildman–Crippen MR) is 64.4 cm³/mol. The Morgan fingerprint density at radius 1 is 1.44 bits per heavy atom. The van der Waals surface area contributed by atoms with Crippen LogP contribution in [0.3, 0.4) is 0 Å². The maximum atomic E-state index is 11.6. The molecule has 0 aliphatic carbocycles. The fourth-order valence-electron chi connectivity index (χ4n) is 1.42. The van der Waals surface area contributed by atoms with E-state index in [1.807, 2.05) is 0 Å². The first-order valence-electron chi connectivity index (χ1n) is 5.25. The van der Waals surface area contributed by atoms with Gasteiger partial charge in [-0.1, -0.05) is 0 Å². The molecule has 0 bridgehead atoms. The van der Waals surface area contributed by atoms with Crippen LogP contribution in [0.4, 0.5) is 5.69 Å². The van der Waals surface area contributed by atoms with Gasteiger partial charge >= 0.3 is 5.97 Å². The Morgan fingerprint density at radius 2 is 2.06 bits per heavy atom. The third-order valence-electron chi connectivity index (χ3n) is 2.48. The third kappa shape index (κ3) is 3.09. The van der Waals surface area contributed by atoms with E-state index in [2.05, 4.69) is 10.3 Å². The Morgan fingerprint density at radius 3 is 2.56 bits per heavy atom. The summed E-state index contributed by atoms with van der Waals surface area (Å²) in [6.07, 6.45) is 1.41. The number of rotatable bonds is 4. The van der Waals surface area contributed by atoms with Crippen LogP contribution >= 0.6 is 0 Å². The fraction of sp³-hybridized carbons (Fsp3) is 0.364. The van der Waals surface area contributed by atoms with Gasteiger partial charge in [0, 0.05) is 25.9 Å². The SMILES string of the molecule is CC(=O)N(C)CC(=O)Nc1c[nH]c(C)c1C(=O)O. The monoisotopic (exact) mass is 253 g/mol. The molecular weight excluding hydrogens is 238 g/mol. The average Bonchev–Trinajstić information content (AvgIpc) is 2.59. The van der Waals surface area contributed by atoms with Crippen molar-refractivity contribution in [2.24, 2.45) is 0 Å². The molecule has 0 aliphatic heterocycles. The van der Waals surface area contributed by atoms with Gasteiger partial charge < -0.3 is 20.3 Å². The summed E-state index contributed by atoms with van der Waals surface area (Å²) in [4.78, 5) is 37.5. The number of anilines is 1. The molecule has 0 fully saturated rings. The standard InChI is InChI=1S/C11H15N3O4/c1-6-10(11(17)18)8(4-12-6)13-9(16)5-14(3)7(2)15/h4,12H,5H2,1-3H3,(H,13,16)(H,17,18). The van der Waals surface area contributed by atoms with Gasteiger partial charge in [-0.2, -0.15) is 0 Å². The third-order valence-corrected chi connectivity index (χ3v) is 2.48. The Hall–Kier alpha value is -2.31. The summed E-state index contributed by atoms with van der Waals surface area (Å²) in [6, 6.07) is 0. The molecule has 3 N–H and O–H groups in total. The highest BCUT2D eigenvalue weighted by Gasteiger charge is 2.17. The summed E-state index contributed by atoms with van der Waals surface area (Å²) in [7, 11) is 1.49. The highest BCUT2D eigenvalue weighted by atomic mass is 16.4. The van der Waals surface area contributed by atoms with Gasteiger partial charge in [-0.25, -0.2) is 4.79 Å². The number of carboxylic acids is 1. The second-order valence-corrected chi connectivity index (χ2v) is 3.93. The molecule has 0 radical (unpaired) electrons. The number of aryl methyl sites for hydroxylation is 1. The van der Waals surface area contributed by atoms with Crippen molar-refractivity contribution in [3.8, 4) is 0 Å². The van der Waals surface area contributed by atoms with Crippen LogP contribution in [0.5, 0.6) is 0 Å². The van der Waals surface area contributed by atoms with Crippen molar-refractivity contribution in [2.75, 3.05) is 18.9 Å². The minimum absolute atomic E-state index is 0.0221. The fourth-order valence-corrected chi connectivity index (χ4v) is 1.42. The molecule has 1 heterocycles. The van der Waals surface area contributed by atoms with E-state index in [0.717, 1.165) is 0 Å². The number of nitrogens with one attached hydrogen (secondary N) is 2. The molecule has 0 aromatic carbocycles. The van der Waals surface area contributed by atoms with Crippen LogP contribution in [0.2, 0.25) is 0 Å². The van der Waals surface area contributed by atoms with E-state index in [0.29, 0.717) is 5.69 Å². The molecule has 0 unspecified atom stereocenters. The van der Waals surface area contributed by atoms with E-state index in [1.54, 1.807) is 6.92 Å². The zero-order valence-electron chi connectivity index (χ0n) is 10.4. The molecule has 0 atom stereocenters. The van der Waals surface area contributed by atoms with E-state index >= 15 is 0 Å². The minimum atomic E-state index is -1.12.